The number of nitrogens with zero attached hydrogens (tertiary/aromatic N) is 2. The van der Waals surface area contributed by atoms with Crippen molar-refractivity contribution < 1.29 is 4.39 Å². The van der Waals surface area contributed by atoms with Crippen molar-refractivity contribution in [2.75, 3.05) is 7.05 Å². The van der Waals surface area contributed by atoms with Crippen molar-refractivity contribution in [1.82, 2.24) is 15.6 Å². The third-order valence-electron chi connectivity index (χ3n) is 3.13. The molecule has 0 spiro atoms. The Morgan fingerprint density at radius 1 is 1.26 bits per heavy atom. The van der Waals surface area contributed by atoms with Gasteiger partial charge in [0.05, 0.1) is 17.2 Å². The van der Waals surface area contributed by atoms with E-state index in [0.29, 0.717) is 30.5 Å². The van der Waals surface area contributed by atoms with Gasteiger partial charge in [0.15, 0.2) is 5.96 Å². The van der Waals surface area contributed by atoms with Gasteiger partial charge in [-0.25, -0.2) is 9.37 Å². The Hall–Kier alpha value is -1.22. The first-order valence-corrected chi connectivity index (χ1v) is 8.10. The van der Waals surface area contributed by atoms with Crippen LogP contribution in [0.25, 0.3) is 0 Å². The predicted molar refractivity (Wildman–Crippen MR) is 105 cm³/mol. The third-order valence-corrected chi connectivity index (χ3v) is 4.32. The molecule has 0 atom stereocenters. The zero-order chi connectivity index (χ0) is 15.9. The van der Waals surface area contributed by atoms with Crippen molar-refractivity contribution in [3.05, 3.63) is 51.7 Å². The van der Waals surface area contributed by atoms with E-state index in [1.807, 2.05) is 11.4 Å². The Labute approximate surface area is 157 Å². The highest BCUT2D eigenvalue weighted by molar-refractivity contribution is 14.0. The quantitative estimate of drug-likeness (QED) is 0.415. The van der Waals surface area contributed by atoms with E-state index in [4.69, 9.17) is 0 Å². The zero-order valence-corrected chi connectivity index (χ0v) is 16.6. The standard InChI is InChI=1S/C16H21FN4S.HI/c1-11(2)15-21-13(10-22-15)9-20-16(18-3)19-8-12-6-4-5-7-14(12)17;/h4-7,10-11H,8-9H2,1-3H3,(H2,18,19,20);1H. The lowest BCUT2D eigenvalue weighted by Gasteiger charge is -2.11. The molecule has 126 valence electrons. The Morgan fingerprint density at radius 2 is 1.96 bits per heavy atom. The number of aliphatic imine (C=N–C) groups is 1. The molecule has 1 aromatic heterocycles. The molecule has 0 radical (unpaired) electrons. The van der Waals surface area contributed by atoms with Crippen LogP contribution in [-0.4, -0.2) is 18.0 Å². The molecule has 23 heavy (non-hydrogen) atoms. The minimum Gasteiger partial charge on any atom is -0.352 e. The Kier molecular flexibility index (Phi) is 8.46. The summed E-state index contributed by atoms with van der Waals surface area (Å²) in [4.78, 5) is 8.70. The molecule has 1 heterocycles. The number of aromatic nitrogens is 1. The van der Waals surface area contributed by atoms with E-state index in [9.17, 15) is 4.39 Å². The molecule has 0 amide bonds. The summed E-state index contributed by atoms with van der Waals surface area (Å²) in [7, 11) is 1.69. The summed E-state index contributed by atoms with van der Waals surface area (Å²) in [6, 6.07) is 6.71. The molecular weight excluding hydrogens is 426 g/mol. The largest absolute Gasteiger partial charge is 0.352 e. The van der Waals surface area contributed by atoms with Crippen LogP contribution in [0.5, 0.6) is 0 Å². The van der Waals surface area contributed by atoms with Gasteiger partial charge in [-0.05, 0) is 6.07 Å². The number of guanidine groups is 1. The summed E-state index contributed by atoms with van der Waals surface area (Å²) in [5, 5.41) is 9.47. The van der Waals surface area contributed by atoms with Crippen molar-refractivity contribution >= 4 is 41.3 Å². The van der Waals surface area contributed by atoms with E-state index in [2.05, 4.69) is 34.5 Å². The fraction of sp³-hybridized carbons (Fsp3) is 0.375. The van der Waals surface area contributed by atoms with E-state index in [1.54, 1.807) is 30.5 Å². The van der Waals surface area contributed by atoms with Gasteiger partial charge in [-0.3, -0.25) is 4.99 Å². The van der Waals surface area contributed by atoms with Crippen molar-refractivity contribution in [3.63, 3.8) is 0 Å². The highest BCUT2D eigenvalue weighted by atomic mass is 127. The number of hydrogen-bond donors (Lipinski definition) is 2. The lowest BCUT2D eigenvalue weighted by atomic mass is 10.2. The molecular formula is C16H22FIN4S. The summed E-state index contributed by atoms with van der Waals surface area (Å²) in [6.07, 6.45) is 0. The van der Waals surface area contributed by atoms with Crippen LogP contribution in [0.15, 0.2) is 34.6 Å². The van der Waals surface area contributed by atoms with Gasteiger partial charge in [0.25, 0.3) is 0 Å². The number of benzene rings is 1. The van der Waals surface area contributed by atoms with E-state index in [0.717, 1.165) is 10.7 Å². The Balaban J connectivity index is 0.00000264. The molecule has 0 aliphatic heterocycles. The van der Waals surface area contributed by atoms with Crippen LogP contribution in [0, 0.1) is 5.82 Å². The second-order valence-electron chi connectivity index (χ2n) is 5.20. The molecule has 0 bridgehead atoms. The maximum absolute atomic E-state index is 13.6. The lowest BCUT2D eigenvalue weighted by Crippen LogP contribution is -2.36. The molecule has 0 unspecified atom stereocenters. The van der Waals surface area contributed by atoms with Crippen molar-refractivity contribution in [3.8, 4) is 0 Å². The number of rotatable bonds is 5. The van der Waals surface area contributed by atoms with Crippen molar-refractivity contribution in [2.45, 2.75) is 32.9 Å². The van der Waals surface area contributed by atoms with Gasteiger partial charge in [0.1, 0.15) is 5.82 Å². The van der Waals surface area contributed by atoms with Gasteiger partial charge < -0.3 is 10.6 Å². The fourth-order valence-electron chi connectivity index (χ4n) is 1.88. The smallest absolute Gasteiger partial charge is 0.191 e. The average Bonchev–Trinajstić information content (AvgIpc) is 2.98. The van der Waals surface area contributed by atoms with Crippen LogP contribution in [0.1, 0.15) is 36.0 Å². The summed E-state index contributed by atoms with van der Waals surface area (Å²) >= 11 is 1.67. The Bertz CT molecular complexity index is 643. The average molecular weight is 448 g/mol. The molecule has 1 aromatic carbocycles. The van der Waals surface area contributed by atoms with Crippen LogP contribution < -0.4 is 10.6 Å². The monoisotopic (exact) mass is 448 g/mol. The van der Waals surface area contributed by atoms with Gasteiger partial charge in [0.2, 0.25) is 0 Å². The topological polar surface area (TPSA) is 49.3 Å². The molecule has 2 aromatic rings. The first-order chi connectivity index (χ1) is 10.6. The SMILES string of the molecule is CN=C(NCc1csc(C(C)C)n1)NCc1ccccc1F.I. The van der Waals surface area contributed by atoms with Crippen LogP contribution in [0.3, 0.4) is 0 Å². The second-order valence-corrected chi connectivity index (χ2v) is 6.09. The molecule has 7 heteroatoms. The number of halogens is 2. The van der Waals surface area contributed by atoms with Crippen LogP contribution >= 0.6 is 35.3 Å². The van der Waals surface area contributed by atoms with Gasteiger partial charge in [-0.1, -0.05) is 32.0 Å². The van der Waals surface area contributed by atoms with E-state index in [1.165, 1.54) is 6.07 Å². The van der Waals surface area contributed by atoms with Gasteiger partial charge in [-0.15, -0.1) is 35.3 Å². The first-order valence-electron chi connectivity index (χ1n) is 7.22. The van der Waals surface area contributed by atoms with Crippen molar-refractivity contribution in [2.24, 2.45) is 4.99 Å². The normalized spacial score (nSPS) is 11.3. The predicted octanol–water partition coefficient (Wildman–Crippen LogP) is 3.89. The van der Waals surface area contributed by atoms with Crippen molar-refractivity contribution in [1.29, 1.82) is 0 Å². The molecule has 0 saturated carbocycles. The molecule has 0 aliphatic carbocycles. The fourth-order valence-corrected chi connectivity index (χ4v) is 2.72. The maximum Gasteiger partial charge on any atom is 0.191 e. The number of nitrogens with one attached hydrogen (secondary N) is 2. The first kappa shape index (κ1) is 19.8. The molecule has 0 fully saturated rings. The molecule has 4 nitrogen and oxygen atoms in total. The van der Waals surface area contributed by atoms with Crippen LogP contribution in [0.2, 0.25) is 0 Å². The summed E-state index contributed by atoms with van der Waals surface area (Å²) in [5.41, 5.74) is 1.60. The third kappa shape index (κ3) is 6.06. The van der Waals surface area contributed by atoms with E-state index in [-0.39, 0.29) is 29.8 Å². The minimum atomic E-state index is -0.216. The lowest BCUT2D eigenvalue weighted by molar-refractivity contribution is 0.604. The summed E-state index contributed by atoms with van der Waals surface area (Å²) < 4.78 is 13.6. The van der Waals surface area contributed by atoms with Gasteiger partial charge in [0, 0.05) is 30.5 Å². The number of thiazole rings is 1. The summed E-state index contributed by atoms with van der Waals surface area (Å²) in [6.45, 7) is 5.25. The van der Waals surface area contributed by atoms with E-state index >= 15 is 0 Å². The van der Waals surface area contributed by atoms with Crippen LogP contribution in [0.4, 0.5) is 4.39 Å². The highest BCUT2D eigenvalue weighted by Gasteiger charge is 2.07. The van der Waals surface area contributed by atoms with Gasteiger partial charge in [-0.2, -0.15) is 0 Å². The molecule has 2 N–H and O–H groups in total. The minimum absolute atomic E-state index is 0. The highest BCUT2D eigenvalue weighted by Crippen LogP contribution is 2.18. The maximum atomic E-state index is 13.6. The van der Waals surface area contributed by atoms with E-state index < -0.39 is 0 Å². The second kappa shape index (κ2) is 9.82. The molecule has 2 rings (SSSR count). The Morgan fingerprint density at radius 3 is 2.57 bits per heavy atom. The molecule has 0 aliphatic rings. The van der Waals surface area contributed by atoms with Gasteiger partial charge >= 0.3 is 0 Å². The molecule has 0 saturated heterocycles. The number of hydrogen-bond acceptors (Lipinski definition) is 3. The zero-order valence-electron chi connectivity index (χ0n) is 13.5. The van der Waals surface area contributed by atoms with Crippen LogP contribution in [-0.2, 0) is 13.1 Å². The summed E-state index contributed by atoms with van der Waals surface area (Å²) in [5.74, 6) is 0.853.